The Morgan fingerprint density at radius 1 is 1.00 bits per heavy atom. The van der Waals surface area contributed by atoms with Crippen molar-refractivity contribution in [1.82, 2.24) is 10.2 Å². The van der Waals surface area contributed by atoms with E-state index in [0.29, 0.717) is 6.42 Å². The van der Waals surface area contributed by atoms with Crippen LogP contribution in [0.2, 0.25) is 0 Å². The average Bonchev–Trinajstić information content (AvgIpc) is 2.45. The molecule has 0 saturated carbocycles. The molecule has 1 aliphatic heterocycles. The molecule has 0 spiro atoms. The van der Waals surface area contributed by atoms with E-state index in [4.69, 9.17) is 0 Å². The fraction of sp³-hybridized carbons (Fsp3) is 0.875. The van der Waals surface area contributed by atoms with Gasteiger partial charge in [0, 0.05) is 6.54 Å². The van der Waals surface area contributed by atoms with Crippen LogP contribution < -0.4 is 5.32 Å². The maximum atomic E-state index is 12.4. The summed E-state index contributed by atoms with van der Waals surface area (Å²) < 4.78 is 0. The highest BCUT2D eigenvalue weighted by Gasteiger charge is 2.38. The number of piperazine rings is 1. The zero-order valence-corrected chi connectivity index (χ0v) is 13.3. The van der Waals surface area contributed by atoms with Crippen LogP contribution >= 0.6 is 0 Å². The topological polar surface area (TPSA) is 49.4 Å². The van der Waals surface area contributed by atoms with Gasteiger partial charge in [-0.2, -0.15) is 0 Å². The number of nitrogens with one attached hydrogen (secondary N) is 1. The second-order valence-electron chi connectivity index (χ2n) is 5.72. The van der Waals surface area contributed by atoms with Crippen molar-refractivity contribution in [3.05, 3.63) is 0 Å². The lowest BCUT2D eigenvalue weighted by Gasteiger charge is -2.38. The lowest BCUT2D eigenvalue weighted by atomic mass is 10.0. The Labute approximate surface area is 123 Å². The van der Waals surface area contributed by atoms with Crippen LogP contribution in [0.4, 0.5) is 0 Å². The van der Waals surface area contributed by atoms with Crippen LogP contribution in [0.1, 0.15) is 72.1 Å². The normalized spacial score (nSPS) is 23.1. The van der Waals surface area contributed by atoms with Crippen molar-refractivity contribution in [2.45, 2.75) is 84.2 Å². The van der Waals surface area contributed by atoms with E-state index < -0.39 is 0 Å². The first-order valence-electron chi connectivity index (χ1n) is 8.26. The number of unbranched alkanes of at least 4 members (excludes halogenated alkanes) is 4. The average molecular weight is 282 g/mol. The van der Waals surface area contributed by atoms with Gasteiger partial charge in [0.15, 0.2) is 0 Å². The second-order valence-corrected chi connectivity index (χ2v) is 5.72. The molecule has 1 N–H and O–H groups in total. The van der Waals surface area contributed by atoms with Gasteiger partial charge in [-0.15, -0.1) is 0 Å². The second kappa shape index (κ2) is 8.98. The Kier molecular flexibility index (Phi) is 7.63. The molecule has 0 aromatic rings. The van der Waals surface area contributed by atoms with E-state index in [0.717, 1.165) is 32.2 Å². The summed E-state index contributed by atoms with van der Waals surface area (Å²) in [6.07, 6.45) is 8.23. The number of amides is 2. The monoisotopic (exact) mass is 282 g/mol. The first-order chi connectivity index (χ1) is 9.65. The zero-order valence-electron chi connectivity index (χ0n) is 13.3. The molecule has 0 aromatic heterocycles. The van der Waals surface area contributed by atoms with Gasteiger partial charge in [0.1, 0.15) is 12.1 Å². The molecule has 0 aromatic carbocycles. The zero-order chi connectivity index (χ0) is 15.0. The predicted octanol–water partition coefficient (Wildman–Crippen LogP) is 2.86. The first-order valence-corrected chi connectivity index (χ1v) is 8.26. The van der Waals surface area contributed by atoms with Crippen LogP contribution in [0.5, 0.6) is 0 Å². The maximum Gasteiger partial charge on any atom is 0.245 e. The summed E-state index contributed by atoms with van der Waals surface area (Å²) in [7, 11) is 0. The third kappa shape index (κ3) is 4.50. The summed E-state index contributed by atoms with van der Waals surface area (Å²) in [6.45, 7) is 6.93. The molecule has 1 fully saturated rings. The lowest BCUT2D eigenvalue weighted by molar-refractivity contribution is -0.149. The van der Waals surface area contributed by atoms with E-state index >= 15 is 0 Å². The van der Waals surface area contributed by atoms with Crippen molar-refractivity contribution in [2.24, 2.45) is 0 Å². The number of nitrogens with zero attached hydrogens (tertiary/aromatic N) is 1. The number of carbonyl (C=O) groups is 2. The van der Waals surface area contributed by atoms with Crippen molar-refractivity contribution in [2.75, 3.05) is 6.54 Å². The Balaban J connectivity index is 2.58. The van der Waals surface area contributed by atoms with E-state index in [1.165, 1.54) is 19.3 Å². The van der Waals surface area contributed by atoms with Crippen LogP contribution in [-0.4, -0.2) is 35.3 Å². The molecular weight excluding hydrogens is 252 g/mol. The smallest absolute Gasteiger partial charge is 0.245 e. The van der Waals surface area contributed by atoms with Gasteiger partial charge < -0.3 is 10.2 Å². The lowest BCUT2D eigenvalue weighted by Crippen LogP contribution is -2.63. The maximum absolute atomic E-state index is 12.4. The molecule has 0 bridgehead atoms. The molecule has 1 heterocycles. The molecule has 1 saturated heterocycles. The summed E-state index contributed by atoms with van der Waals surface area (Å²) in [4.78, 5) is 26.4. The fourth-order valence-corrected chi connectivity index (χ4v) is 2.81. The summed E-state index contributed by atoms with van der Waals surface area (Å²) in [5, 5.41) is 2.86. The van der Waals surface area contributed by atoms with Crippen molar-refractivity contribution >= 4 is 11.8 Å². The number of carbonyl (C=O) groups excluding carboxylic acids is 2. The van der Waals surface area contributed by atoms with Crippen LogP contribution in [0, 0.1) is 0 Å². The number of hydrogen-bond acceptors (Lipinski definition) is 2. The van der Waals surface area contributed by atoms with Crippen molar-refractivity contribution in [3.63, 3.8) is 0 Å². The third-order valence-corrected chi connectivity index (χ3v) is 4.05. The van der Waals surface area contributed by atoms with Crippen LogP contribution in [0.3, 0.4) is 0 Å². The molecule has 20 heavy (non-hydrogen) atoms. The van der Waals surface area contributed by atoms with E-state index in [9.17, 15) is 9.59 Å². The SMILES string of the molecule is CCCCCCCN1C(=O)C(CC)NC(=O)C1CCC. The summed E-state index contributed by atoms with van der Waals surface area (Å²) >= 11 is 0. The Bertz CT molecular complexity index is 318. The summed E-state index contributed by atoms with van der Waals surface area (Å²) in [5.41, 5.74) is 0. The molecule has 116 valence electrons. The van der Waals surface area contributed by atoms with Crippen molar-refractivity contribution in [3.8, 4) is 0 Å². The molecule has 2 amide bonds. The highest BCUT2D eigenvalue weighted by atomic mass is 16.2. The third-order valence-electron chi connectivity index (χ3n) is 4.05. The molecule has 2 unspecified atom stereocenters. The highest BCUT2D eigenvalue weighted by molar-refractivity contribution is 5.96. The van der Waals surface area contributed by atoms with Crippen LogP contribution in [0.25, 0.3) is 0 Å². The molecule has 1 rings (SSSR count). The highest BCUT2D eigenvalue weighted by Crippen LogP contribution is 2.17. The molecule has 0 aliphatic carbocycles. The number of rotatable bonds is 9. The van der Waals surface area contributed by atoms with Gasteiger partial charge in [-0.25, -0.2) is 0 Å². The molecule has 0 radical (unpaired) electrons. The van der Waals surface area contributed by atoms with Gasteiger partial charge >= 0.3 is 0 Å². The van der Waals surface area contributed by atoms with Crippen LogP contribution in [0.15, 0.2) is 0 Å². The van der Waals surface area contributed by atoms with Gasteiger partial charge in [0.05, 0.1) is 0 Å². The van der Waals surface area contributed by atoms with Gasteiger partial charge in [-0.3, -0.25) is 9.59 Å². The molecule has 2 atom stereocenters. The fourth-order valence-electron chi connectivity index (χ4n) is 2.81. The van der Waals surface area contributed by atoms with Gasteiger partial charge in [-0.1, -0.05) is 52.9 Å². The Hall–Kier alpha value is -1.06. The minimum absolute atomic E-state index is 0.0341. The Morgan fingerprint density at radius 2 is 1.70 bits per heavy atom. The molecular formula is C16H30N2O2. The van der Waals surface area contributed by atoms with Crippen molar-refractivity contribution < 1.29 is 9.59 Å². The van der Waals surface area contributed by atoms with Gasteiger partial charge in [-0.05, 0) is 19.3 Å². The summed E-state index contributed by atoms with van der Waals surface area (Å²) in [6, 6.07) is -0.562. The minimum atomic E-state index is -0.314. The Morgan fingerprint density at radius 3 is 2.30 bits per heavy atom. The van der Waals surface area contributed by atoms with Crippen molar-refractivity contribution in [1.29, 1.82) is 0 Å². The van der Waals surface area contributed by atoms with Crippen LogP contribution in [-0.2, 0) is 9.59 Å². The van der Waals surface area contributed by atoms with E-state index in [1.807, 2.05) is 11.8 Å². The summed E-state index contributed by atoms with van der Waals surface area (Å²) in [5.74, 6) is 0.146. The van der Waals surface area contributed by atoms with E-state index in [-0.39, 0.29) is 23.9 Å². The van der Waals surface area contributed by atoms with E-state index in [1.54, 1.807) is 0 Å². The van der Waals surface area contributed by atoms with Gasteiger partial charge in [0.2, 0.25) is 11.8 Å². The largest absolute Gasteiger partial charge is 0.343 e. The van der Waals surface area contributed by atoms with E-state index in [2.05, 4.69) is 19.2 Å². The van der Waals surface area contributed by atoms with Gasteiger partial charge in [0.25, 0.3) is 0 Å². The molecule has 4 heteroatoms. The number of hydrogen-bond donors (Lipinski definition) is 1. The standard InChI is InChI=1S/C16H30N2O2/c1-4-7-8-9-10-12-18-14(11-5-2)15(19)17-13(6-3)16(18)20/h13-14H,4-12H2,1-3H3,(H,17,19). The minimum Gasteiger partial charge on any atom is -0.343 e. The first kappa shape index (κ1) is 17.0. The molecule has 4 nitrogen and oxygen atoms in total. The predicted molar refractivity (Wildman–Crippen MR) is 81.4 cm³/mol. The molecule has 1 aliphatic rings. The quantitative estimate of drug-likeness (QED) is 0.661.